The SMILES string of the molecule is COC(=O)C(CO)NC1CCCC1. The molecule has 0 amide bonds. The third-order valence-electron chi connectivity index (χ3n) is 2.46. The standard InChI is InChI=1S/C9H17NO3/c1-13-9(12)8(6-11)10-7-4-2-3-5-7/h7-8,10-11H,2-6H2,1H3. The van der Waals surface area contributed by atoms with Crippen molar-refractivity contribution in [1.29, 1.82) is 0 Å². The fourth-order valence-corrected chi connectivity index (χ4v) is 1.71. The first kappa shape index (κ1) is 10.5. The number of hydrogen-bond donors (Lipinski definition) is 2. The molecule has 76 valence electrons. The van der Waals surface area contributed by atoms with Crippen molar-refractivity contribution in [3.05, 3.63) is 0 Å². The van der Waals surface area contributed by atoms with Crippen molar-refractivity contribution >= 4 is 5.97 Å². The predicted octanol–water partition coefficient (Wildman–Crippen LogP) is 0.0525. The van der Waals surface area contributed by atoms with E-state index in [1.807, 2.05) is 0 Å². The largest absolute Gasteiger partial charge is 0.468 e. The van der Waals surface area contributed by atoms with Crippen LogP contribution in [-0.4, -0.2) is 36.9 Å². The van der Waals surface area contributed by atoms with Crippen LogP contribution in [0.3, 0.4) is 0 Å². The number of ether oxygens (including phenoxy) is 1. The van der Waals surface area contributed by atoms with Crippen molar-refractivity contribution in [3.8, 4) is 0 Å². The molecule has 1 atom stereocenters. The van der Waals surface area contributed by atoms with E-state index < -0.39 is 6.04 Å². The lowest BCUT2D eigenvalue weighted by molar-refractivity contribution is -0.144. The van der Waals surface area contributed by atoms with Crippen LogP contribution in [0, 0.1) is 0 Å². The molecule has 1 rings (SSSR count). The van der Waals surface area contributed by atoms with E-state index >= 15 is 0 Å². The summed E-state index contributed by atoms with van der Waals surface area (Å²) in [5.74, 6) is -0.380. The van der Waals surface area contributed by atoms with Crippen LogP contribution in [-0.2, 0) is 9.53 Å². The molecular formula is C9H17NO3. The molecule has 1 fully saturated rings. The highest BCUT2D eigenvalue weighted by atomic mass is 16.5. The summed E-state index contributed by atoms with van der Waals surface area (Å²) in [5, 5.41) is 12.0. The van der Waals surface area contributed by atoms with Crippen molar-refractivity contribution < 1.29 is 14.6 Å². The van der Waals surface area contributed by atoms with Gasteiger partial charge in [0.15, 0.2) is 0 Å². The minimum Gasteiger partial charge on any atom is -0.468 e. The van der Waals surface area contributed by atoms with E-state index in [2.05, 4.69) is 10.1 Å². The van der Waals surface area contributed by atoms with Gasteiger partial charge >= 0.3 is 5.97 Å². The molecule has 1 aliphatic carbocycles. The summed E-state index contributed by atoms with van der Waals surface area (Å²) in [5.41, 5.74) is 0. The van der Waals surface area contributed by atoms with Gasteiger partial charge in [0.2, 0.25) is 0 Å². The van der Waals surface area contributed by atoms with Gasteiger partial charge in [-0.1, -0.05) is 12.8 Å². The molecule has 0 heterocycles. The van der Waals surface area contributed by atoms with Crippen LogP contribution in [0.1, 0.15) is 25.7 Å². The first-order chi connectivity index (χ1) is 6.27. The van der Waals surface area contributed by atoms with E-state index in [4.69, 9.17) is 5.11 Å². The highest BCUT2D eigenvalue weighted by Crippen LogP contribution is 2.18. The van der Waals surface area contributed by atoms with Crippen molar-refractivity contribution in [2.75, 3.05) is 13.7 Å². The second-order valence-corrected chi connectivity index (χ2v) is 3.41. The minimum atomic E-state index is -0.548. The van der Waals surface area contributed by atoms with E-state index in [0.29, 0.717) is 6.04 Å². The van der Waals surface area contributed by atoms with Gasteiger partial charge in [-0.15, -0.1) is 0 Å². The topological polar surface area (TPSA) is 58.6 Å². The normalized spacial score (nSPS) is 20.2. The van der Waals surface area contributed by atoms with Gasteiger partial charge in [0.05, 0.1) is 13.7 Å². The number of esters is 1. The van der Waals surface area contributed by atoms with Crippen LogP contribution in [0.5, 0.6) is 0 Å². The van der Waals surface area contributed by atoms with Gasteiger partial charge in [0, 0.05) is 6.04 Å². The summed E-state index contributed by atoms with van der Waals surface area (Å²) in [7, 11) is 1.33. The van der Waals surface area contributed by atoms with Gasteiger partial charge in [-0.05, 0) is 12.8 Å². The Morgan fingerprint density at radius 3 is 2.69 bits per heavy atom. The monoisotopic (exact) mass is 187 g/mol. The second-order valence-electron chi connectivity index (χ2n) is 3.41. The van der Waals surface area contributed by atoms with Crippen molar-refractivity contribution in [1.82, 2.24) is 5.32 Å². The maximum Gasteiger partial charge on any atom is 0.325 e. The summed E-state index contributed by atoms with van der Waals surface area (Å²) >= 11 is 0. The molecule has 4 nitrogen and oxygen atoms in total. The Morgan fingerprint density at radius 1 is 1.62 bits per heavy atom. The lowest BCUT2D eigenvalue weighted by Crippen LogP contribution is -2.45. The quantitative estimate of drug-likeness (QED) is 0.611. The second kappa shape index (κ2) is 5.19. The summed E-state index contributed by atoms with van der Waals surface area (Å²) in [6.45, 7) is -0.191. The van der Waals surface area contributed by atoms with Crippen LogP contribution in [0.15, 0.2) is 0 Å². The fourth-order valence-electron chi connectivity index (χ4n) is 1.71. The Morgan fingerprint density at radius 2 is 2.23 bits per heavy atom. The van der Waals surface area contributed by atoms with E-state index in [-0.39, 0.29) is 12.6 Å². The molecule has 0 saturated heterocycles. The first-order valence-electron chi connectivity index (χ1n) is 4.72. The Labute approximate surface area is 78.3 Å². The predicted molar refractivity (Wildman–Crippen MR) is 48.3 cm³/mol. The third kappa shape index (κ3) is 2.97. The molecule has 2 N–H and O–H groups in total. The summed E-state index contributed by atoms with van der Waals surface area (Å²) in [6, 6.07) is -0.177. The van der Waals surface area contributed by atoms with Crippen molar-refractivity contribution in [2.45, 2.75) is 37.8 Å². The van der Waals surface area contributed by atoms with Gasteiger partial charge in [0.1, 0.15) is 6.04 Å². The minimum absolute atomic E-state index is 0.191. The molecule has 4 heteroatoms. The molecule has 0 aromatic rings. The highest BCUT2D eigenvalue weighted by Gasteiger charge is 2.23. The summed E-state index contributed by atoms with van der Waals surface area (Å²) in [6.07, 6.45) is 4.59. The van der Waals surface area contributed by atoms with E-state index in [0.717, 1.165) is 12.8 Å². The number of rotatable bonds is 4. The zero-order valence-corrected chi connectivity index (χ0v) is 7.95. The lowest BCUT2D eigenvalue weighted by Gasteiger charge is -2.18. The molecule has 0 spiro atoms. The van der Waals surface area contributed by atoms with Crippen LogP contribution in [0.2, 0.25) is 0 Å². The summed E-state index contributed by atoms with van der Waals surface area (Å²) < 4.78 is 4.55. The molecule has 13 heavy (non-hydrogen) atoms. The number of carbonyl (C=O) groups is 1. The number of aliphatic hydroxyl groups excluding tert-OH is 1. The van der Waals surface area contributed by atoms with Gasteiger partial charge in [-0.25, -0.2) is 0 Å². The van der Waals surface area contributed by atoms with E-state index in [9.17, 15) is 4.79 Å². The maximum absolute atomic E-state index is 11.1. The Bertz CT molecular complexity index is 166. The van der Waals surface area contributed by atoms with Gasteiger partial charge in [-0.3, -0.25) is 10.1 Å². The molecule has 1 aliphatic rings. The van der Waals surface area contributed by atoms with Gasteiger partial charge < -0.3 is 9.84 Å². The first-order valence-corrected chi connectivity index (χ1v) is 4.72. The Kier molecular flexibility index (Phi) is 4.18. The average Bonchev–Trinajstić information content (AvgIpc) is 2.65. The molecule has 1 unspecified atom stereocenters. The molecule has 0 radical (unpaired) electrons. The van der Waals surface area contributed by atoms with Crippen molar-refractivity contribution in [3.63, 3.8) is 0 Å². The number of carbonyl (C=O) groups excluding carboxylic acids is 1. The molecule has 0 bridgehead atoms. The average molecular weight is 187 g/mol. The molecule has 0 aromatic heterocycles. The number of nitrogens with one attached hydrogen (secondary N) is 1. The number of hydrogen-bond acceptors (Lipinski definition) is 4. The smallest absolute Gasteiger partial charge is 0.325 e. The van der Waals surface area contributed by atoms with Crippen LogP contribution >= 0.6 is 0 Å². The lowest BCUT2D eigenvalue weighted by atomic mass is 10.2. The van der Waals surface area contributed by atoms with Crippen molar-refractivity contribution in [2.24, 2.45) is 0 Å². The zero-order chi connectivity index (χ0) is 9.68. The van der Waals surface area contributed by atoms with E-state index in [1.54, 1.807) is 0 Å². The van der Waals surface area contributed by atoms with E-state index in [1.165, 1.54) is 20.0 Å². The molecular weight excluding hydrogens is 170 g/mol. The van der Waals surface area contributed by atoms with Gasteiger partial charge in [0.25, 0.3) is 0 Å². The molecule has 1 saturated carbocycles. The fraction of sp³-hybridized carbons (Fsp3) is 0.889. The molecule has 0 aromatic carbocycles. The van der Waals surface area contributed by atoms with Crippen LogP contribution < -0.4 is 5.32 Å². The number of methoxy groups -OCH3 is 1. The Hall–Kier alpha value is -0.610. The van der Waals surface area contributed by atoms with Gasteiger partial charge in [-0.2, -0.15) is 0 Å². The zero-order valence-electron chi connectivity index (χ0n) is 7.95. The van der Waals surface area contributed by atoms with Crippen LogP contribution in [0.25, 0.3) is 0 Å². The van der Waals surface area contributed by atoms with Crippen LogP contribution in [0.4, 0.5) is 0 Å². The Balaban J connectivity index is 2.33. The highest BCUT2D eigenvalue weighted by molar-refractivity contribution is 5.75. The third-order valence-corrected chi connectivity index (χ3v) is 2.46. The molecule has 0 aliphatic heterocycles. The maximum atomic E-state index is 11.1. The number of aliphatic hydroxyl groups is 1. The summed E-state index contributed by atoms with van der Waals surface area (Å²) in [4.78, 5) is 11.1.